The van der Waals surface area contributed by atoms with Crippen molar-refractivity contribution in [3.8, 4) is 0 Å². The summed E-state index contributed by atoms with van der Waals surface area (Å²) in [5.41, 5.74) is 0.958. The molecule has 0 bridgehead atoms. The number of aryl methyl sites for hydroxylation is 1. The van der Waals surface area contributed by atoms with Crippen LogP contribution in [-0.2, 0) is 13.6 Å². The number of benzene rings is 1. The van der Waals surface area contributed by atoms with Crippen LogP contribution in [0.4, 0.5) is 5.82 Å². The van der Waals surface area contributed by atoms with Gasteiger partial charge in [-0.25, -0.2) is 0 Å². The lowest BCUT2D eigenvalue weighted by Gasteiger charge is -2.05. The van der Waals surface area contributed by atoms with Gasteiger partial charge in [0.1, 0.15) is 5.82 Å². The quantitative estimate of drug-likeness (QED) is 0.912. The molecule has 0 saturated heterocycles. The van der Waals surface area contributed by atoms with Gasteiger partial charge >= 0.3 is 0 Å². The first-order valence-corrected chi connectivity index (χ1v) is 5.58. The average molecular weight is 256 g/mol. The molecule has 0 fully saturated rings. The highest BCUT2D eigenvalue weighted by Crippen LogP contribution is 2.21. The first kappa shape index (κ1) is 11.3. The molecule has 1 heterocycles. The van der Waals surface area contributed by atoms with E-state index in [0.717, 1.165) is 11.4 Å². The Morgan fingerprint density at radius 2 is 2.12 bits per heavy atom. The molecule has 0 amide bonds. The van der Waals surface area contributed by atoms with Crippen molar-refractivity contribution in [1.29, 1.82) is 0 Å². The standard InChI is InChI=1S/C11H11Cl2N3/c1-16-5-4-11(15-16)14-7-8-6-9(12)2-3-10(8)13/h2-6H,7H2,1H3,(H,14,15). The minimum Gasteiger partial charge on any atom is -0.364 e. The van der Waals surface area contributed by atoms with Crippen molar-refractivity contribution in [3.05, 3.63) is 46.1 Å². The fourth-order valence-electron chi connectivity index (χ4n) is 1.37. The fourth-order valence-corrected chi connectivity index (χ4v) is 1.75. The molecular weight excluding hydrogens is 245 g/mol. The molecule has 5 heteroatoms. The summed E-state index contributed by atoms with van der Waals surface area (Å²) in [4.78, 5) is 0. The molecule has 0 radical (unpaired) electrons. The van der Waals surface area contributed by atoms with E-state index in [2.05, 4.69) is 10.4 Å². The highest BCUT2D eigenvalue weighted by Gasteiger charge is 2.02. The van der Waals surface area contributed by atoms with Crippen LogP contribution in [0.25, 0.3) is 0 Å². The van der Waals surface area contributed by atoms with Gasteiger partial charge in [-0.3, -0.25) is 4.68 Å². The molecule has 0 aliphatic heterocycles. The van der Waals surface area contributed by atoms with E-state index in [0.29, 0.717) is 16.6 Å². The van der Waals surface area contributed by atoms with Crippen molar-refractivity contribution in [2.75, 3.05) is 5.32 Å². The SMILES string of the molecule is Cn1ccc(NCc2cc(Cl)ccc2Cl)n1. The molecule has 2 rings (SSSR count). The second kappa shape index (κ2) is 4.76. The van der Waals surface area contributed by atoms with E-state index in [1.807, 2.05) is 25.4 Å². The summed E-state index contributed by atoms with van der Waals surface area (Å²) >= 11 is 11.9. The molecule has 0 aliphatic carbocycles. The lowest BCUT2D eigenvalue weighted by atomic mass is 10.2. The zero-order valence-corrected chi connectivity index (χ0v) is 10.3. The zero-order chi connectivity index (χ0) is 11.5. The highest BCUT2D eigenvalue weighted by molar-refractivity contribution is 6.33. The van der Waals surface area contributed by atoms with E-state index in [-0.39, 0.29) is 0 Å². The third kappa shape index (κ3) is 2.68. The smallest absolute Gasteiger partial charge is 0.148 e. The molecule has 1 aromatic carbocycles. The van der Waals surface area contributed by atoms with Crippen molar-refractivity contribution in [3.63, 3.8) is 0 Å². The summed E-state index contributed by atoms with van der Waals surface area (Å²) in [6.45, 7) is 0.608. The van der Waals surface area contributed by atoms with Gasteiger partial charge in [0.2, 0.25) is 0 Å². The van der Waals surface area contributed by atoms with Crippen LogP contribution in [0.1, 0.15) is 5.56 Å². The maximum atomic E-state index is 6.04. The summed E-state index contributed by atoms with van der Waals surface area (Å²) in [7, 11) is 1.87. The van der Waals surface area contributed by atoms with Crippen molar-refractivity contribution in [2.24, 2.45) is 7.05 Å². The summed E-state index contributed by atoms with van der Waals surface area (Å²) in [6.07, 6.45) is 1.88. The van der Waals surface area contributed by atoms with Gasteiger partial charge in [-0.1, -0.05) is 23.2 Å². The Bertz CT molecular complexity index is 494. The number of hydrogen-bond donors (Lipinski definition) is 1. The largest absolute Gasteiger partial charge is 0.364 e. The van der Waals surface area contributed by atoms with Gasteiger partial charge < -0.3 is 5.32 Å². The van der Waals surface area contributed by atoms with Crippen LogP contribution in [-0.4, -0.2) is 9.78 Å². The topological polar surface area (TPSA) is 29.9 Å². The predicted octanol–water partition coefficient (Wildman–Crippen LogP) is 3.34. The van der Waals surface area contributed by atoms with Gasteiger partial charge in [-0.05, 0) is 23.8 Å². The van der Waals surface area contributed by atoms with Crippen LogP contribution in [0.5, 0.6) is 0 Å². The third-order valence-electron chi connectivity index (χ3n) is 2.18. The minimum atomic E-state index is 0.608. The normalized spacial score (nSPS) is 10.4. The van der Waals surface area contributed by atoms with Crippen molar-refractivity contribution in [1.82, 2.24) is 9.78 Å². The number of nitrogens with one attached hydrogen (secondary N) is 1. The third-order valence-corrected chi connectivity index (χ3v) is 2.79. The van der Waals surface area contributed by atoms with Gasteiger partial charge in [0.25, 0.3) is 0 Å². The Morgan fingerprint density at radius 3 is 2.81 bits per heavy atom. The molecule has 2 aromatic rings. The van der Waals surface area contributed by atoms with Crippen LogP contribution < -0.4 is 5.32 Å². The summed E-state index contributed by atoms with van der Waals surface area (Å²) in [5.74, 6) is 0.818. The van der Waals surface area contributed by atoms with Gasteiger partial charge in [-0.15, -0.1) is 0 Å². The molecule has 3 nitrogen and oxygen atoms in total. The molecule has 0 aliphatic rings. The Balaban J connectivity index is 2.07. The Morgan fingerprint density at radius 1 is 1.31 bits per heavy atom. The highest BCUT2D eigenvalue weighted by atomic mass is 35.5. The van der Waals surface area contributed by atoms with Crippen LogP contribution in [0.3, 0.4) is 0 Å². The van der Waals surface area contributed by atoms with E-state index in [1.54, 1.807) is 16.8 Å². The van der Waals surface area contributed by atoms with Crippen LogP contribution in [0, 0.1) is 0 Å². The van der Waals surface area contributed by atoms with E-state index in [9.17, 15) is 0 Å². The van der Waals surface area contributed by atoms with Gasteiger partial charge in [0.15, 0.2) is 0 Å². The molecule has 84 valence electrons. The number of halogens is 2. The maximum absolute atomic E-state index is 6.04. The summed E-state index contributed by atoms with van der Waals surface area (Å²) in [5, 5.41) is 8.77. The average Bonchev–Trinajstić information content (AvgIpc) is 2.66. The molecule has 0 saturated carbocycles. The monoisotopic (exact) mass is 255 g/mol. The van der Waals surface area contributed by atoms with E-state index in [1.165, 1.54) is 0 Å². The molecule has 1 N–H and O–H groups in total. The van der Waals surface area contributed by atoms with Gasteiger partial charge in [-0.2, -0.15) is 5.10 Å². The van der Waals surface area contributed by atoms with E-state index >= 15 is 0 Å². The minimum absolute atomic E-state index is 0.608. The number of aromatic nitrogens is 2. The number of rotatable bonds is 3. The maximum Gasteiger partial charge on any atom is 0.148 e. The van der Waals surface area contributed by atoms with Crippen molar-refractivity contribution in [2.45, 2.75) is 6.54 Å². The van der Waals surface area contributed by atoms with Crippen LogP contribution in [0.15, 0.2) is 30.5 Å². The Kier molecular flexibility index (Phi) is 3.36. The van der Waals surface area contributed by atoms with Crippen molar-refractivity contribution >= 4 is 29.0 Å². The Hall–Kier alpha value is -1.19. The fraction of sp³-hybridized carbons (Fsp3) is 0.182. The number of anilines is 1. The second-order valence-electron chi connectivity index (χ2n) is 3.46. The summed E-state index contributed by atoms with van der Waals surface area (Å²) in [6, 6.07) is 7.31. The van der Waals surface area contributed by atoms with Gasteiger partial charge in [0.05, 0.1) is 0 Å². The molecule has 0 unspecified atom stereocenters. The molecular formula is C11H11Cl2N3. The first-order chi connectivity index (χ1) is 7.65. The first-order valence-electron chi connectivity index (χ1n) is 4.82. The molecule has 0 atom stereocenters. The van der Waals surface area contributed by atoms with Crippen molar-refractivity contribution < 1.29 is 0 Å². The molecule has 16 heavy (non-hydrogen) atoms. The molecule has 0 spiro atoms. The van der Waals surface area contributed by atoms with Crippen LogP contribution >= 0.6 is 23.2 Å². The lowest BCUT2D eigenvalue weighted by Crippen LogP contribution is -2.01. The van der Waals surface area contributed by atoms with Crippen LogP contribution in [0.2, 0.25) is 10.0 Å². The Labute approximate surface area is 104 Å². The zero-order valence-electron chi connectivity index (χ0n) is 8.74. The summed E-state index contributed by atoms with van der Waals surface area (Å²) < 4.78 is 1.74. The number of nitrogens with zero attached hydrogens (tertiary/aromatic N) is 2. The molecule has 1 aromatic heterocycles. The van der Waals surface area contributed by atoms with E-state index in [4.69, 9.17) is 23.2 Å². The predicted molar refractivity (Wildman–Crippen MR) is 67.0 cm³/mol. The van der Waals surface area contributed by atoms with Gasteiger partial charge in [0, 0.05) is 35.9 Å². The van der Waals surface area contributed by atoms with E-state index < -0.39 is 0 Å². The lowest BCUT2D eigenvalue weighted by molar-refractivity contribution is 0.768. The number of hydrogen-bond acceptors (Lipinski definition) is 2. The second-order valence-corrected chi connectivity index (χ2v) is 4.31.